The first-order valence-corrected chi connectivity index (χ1v) is 6.95. The average Bonchev–Trinajstić information content (AvgIpc) is 2.87. The highest BCUT2D eigenvalue weighted by Crippen LogP contribution is 2.36. The molecule has 0 aliphatic carbocycles. The lowest BCUT2D eigenvalue weighted by Crippen LogP contribution is -2.42. The third-order valence-electron chi connectivity index (χ3n) is 4.67. The zero-order valence-corrected chi connectivity index (χ0v) is 11.7. The summed E-state index contributed by atoms with van der Waals surface area (Å²) in [7, 11) is 0. The highest BCUT2D eigenvalue weighted by Gasteiger charge is 2.39. The Balaban J connectivity index is 1.89. The molecule has 0 radical (unpaired) electrons. The lowest BCUT2D eigenvalue weighted by atomic mass is 9.80. The lowest BCUT2D eigenvalue weighted by Gasteiger charge is -2.32. The van der Waals surface area contributed by atoms with Gasteiger partial charge in [-0.3, -0.25) is 0 Å². The van der Waals surface area contributed by atoms with Crippen LogP contribution in [0.4, 0.5) is 0 Å². The van der Waals surface area contributed by atoms with Gasteiger partial charge in [-0.2, -0.15) is 0 Å². The molecule has 2 N–H and O–H groups in total. The second kappa shape index (κ2) is 4.87. The zero-order chi connectivity index (χ0) is 12.5. The van der Waals surface area contributed by atoms with Crippen LogP contribution in [0.2, 0.25) is 0 Å². The molecule has 2 atom stereocenters. The van der Waals surface area contributed by atoms with E-state index in [4.69, 9.17) is 10.5 Å². The van der Waals surface area contributed by atoms with Crippen LogP contribution in [-0.4, -0.2) is 44.3 Å². The number of rotatable bonds is 3. The predicted octanol–water partition coefficient (Wildman–Crippen LogP) is 1.72. The van der Waals surface area contributed by atoms with Crippen LogP contribution in [0, 0.1) is 16.7 Å². The maximum absolute atomic E-state index is 5.96. The second-order valence-corrected chi connectivity index (χ2v) is 7.09. The van der Waals surface area contributed by atoms with Crippen LogP contribution in [0.15, 0.2) is 0 Å². The molecular weight excluding hydrogens is 212 g/mol. The maximum atomic E-state index is 5.96. The Labute approximate surface area is 106 Å². The van der Waals surface area contributed by atoms with Gasteiger partial charge in [0.15, 0.2) is 0 Å². The van der Waals surface area contributed by atoms with Crippen molar-refractivity contribution in [3.63, 3.8) is 0 Å². The molecule has 0 bridgehead atoms. The number of ether oxygens (including phenoxy) is 1. The van der Waals surface area contributed by atoms with E-state index in [1.165, 1.54) is 19.5 Å². The Morgan fingerprint density at radius 2 is 2.18 bits per heavy atom. The van der Waals surface area contributed by atoms with Crippen LogP contribution in [0.25, 0.3) is 0 Å². The zero-order valence-electron chi connectivity index (χ0n) is 11.7. The van der Waals surface area contributed by atoms with Gasteiger partial charge in [0.25, 0.3) is 0 Å². The van der Waals surface area contributed by atoms with Crippen LogP contribution in [-0.2, 0) is 4.74 Å². The Morgan fingerprint density at radius 1 is 1.41 bits per heavy atom. The third-order valence-corrected chi connectivity index (χ3v) is 4.67. The Bertz CT molecular complexity index is 253. The molecule has 0 amide bonds. The smallest absolute Gasteiger partial charge is 0.0547 e. The normalized spacial score (nSPS) is 35.6. The van der Waals surface area contributed by atoms with Gasteiger partial charge in [0.1, 0.15) is 0 Å². The first-order valence-electron chi connectivity index (χ1n) is 6.95. The number of hydrogen-bond acceptors (Lipinski definition) is 3. The molecule has 100 valence electrons. The Kier molecular flexibility index (Phi) is 3.81. The minimum atomic E-state index is 0.243. The van der Waals surface area contributed by atoms with Gasteiger partial charge in [0.05, 0.1) is 6.61 Å². The molecule has 2 rings (SSSR count). The molecule has 0 aromatic heterocycles. The maximum Gasteiger partial charge on any atom is 0.0547 e. The molecule has 17 heavy (non-hydrogen) atoms. The van der Waals surface area contributed by atoms with E-state index in [9.17, 15) is 0 Å². The summed E-state index contributed by atoms with van der Waals surface area (Å²) < 4.78 is 5.55. The second-order valence-electron chi connectivity index (χ2n) is 7.09. The molecule has 2 aliphatic rings. The van der Waals surface area contributed by atoms with Gasteiger partial charge >= 0.3 is 0 Å². The summed E-state index contributed by atoms with van der Waals surface area (Å²) in [6, 6.07) is 0. The van der Waals surface area contributed by atoms with Gasteiger partial charge in [-0.15, -0.1) is 0 Å². The van der Waals surface area contributed by atoms with E-state index in [0.29, 0.717) is 5.41 Å². The van der Waals surface area contributed by atoms with E-state index in [-0.39, 0.29) is 5.41 Å². The van der Waals surface area contributed by atoms with Crippen LogP contribution >= 0.6 is 0 Å². The molecule has 0 aromatic carbocycles. The highest BCUT2D eigenvalue weighted by molar-refractivity contribution is 4.91. The molecule has 0 saturated carbocycles. The van der Waals surface area contributed by atoms with Crippen molar-refractivity contribution in [1.82, 2.24) is 4.90 Å². The molecule has 2 unspecified atom stereocenters. The van der Waals surface area contributed by atoms with Crippen molar-refractivity contribution < 1.29 is 4.74 Å². The van der Waals surface area contributed by atoms with Crippen molar-refractivity contribution >= 4 is 0 Å². The minimum absolute atomic E-state index is 0.243. The van der Waals surface area contributed by atoms with Gasteiger partial charge in [0.2, 0.25) is 0 Å². The first-order chi connectivity index (χ1) is 7.95. The van der Waals surface area contributed by atoms with Crippen LogP contribution in [0.5, 0.6) is 0 Å². The molecule has 0 aromatic rings. The minimum Gasteiger partial charge on any atom is -0.381 e. The van der Waals surface area contributed by atoms with Crippen LogP contribution < -0.4 is 5.73 Å². The van der Waals surface area contributed by atoms with Crippen molar-refractivity contribution in [3.05, 3.63) is 0 Å². The van der Waals surface area contributed by atoms with Gasteiger partial charge in [-0.1, -0.05) is 20.8 Å². The van der Waals surface area contributed by atoms with Crippen molar-refractivity contribution in [2.45, 2.75) is 33.6 Å². The lowest BCUT2D eigenvalue weighted by molar-refractivity contribution is 0.119. The number of likely N-dealkylation sites (tertiary alicyclic amines) is 1. The van der Waals surface area contributed by atoms with Crippen molar-refractivity contribution in [1.29, 1.82) is 0 Å². The van der Waals surface area contributed by atoms with Crippen molar-refractivity contribution in [2.24, 2.45) is 22.5 Å². The van der Waals surface area contributed by atoms with E-state index in [2.05, 4.69) is 25.7 Å². The number of nitrogens with two attached hydrogens (primary N) is 1. The molecular formula is C14H28N2O. The topological polar surface area (TPSA) is 38.5 Å². The largest absolute Gasteiger partial charge is 0.381 e. The molecule has 0 spiro atoms. The highest BCUT2D eigenvalue weighted by atomic mass is 16.5. The summed E-state index contributed by atoms with van der Waals surface area (Å²) in [5, 5.41) is 0. The SMILES string of the molecule is CC(C)(C)C1CCN(CC2(CN)CCOC2)C1. The number of hydrogen-bond donors (Lipinski definition) is 1. The summed E-state index contributed by atoms with van der Waals surface area (Å²) >= 11 is 0. The monoisotopic (exact) mass is 240 g/mol. The summed E-state index contributed by atoms with van der Waals surface area (Å²) in [6.45, 7) is 13.2. The summed E-state index contributed by atoms with van der Waals surface area (Å²) in [6.07, 6.45) is 2.48. The van der Waals surface area contributed by atoms with Crippen LogP contribution in [0.3, 0.4) is 0 Å². The fourth-order valence-electron chi connectivity index (χ4n) is 3.16. The van der Waals surface area contributed by atoms with Gasteiger partial charge < -0.3 is 15.4 Å². The molecule has 2 fully saturated rings. The summed E-state index contributed by atoms with van der Waals surface area (Å²) in [5.74, 6) is 0.833. The molecule has 2 heterocycles. The average molecular weight is 240 g/mol. The van der Waals surface area contributed by atoms with Crippen molar-refractivity contribution in [2.75, 3.05) is 39.4 Å². The van der Waals surface area contributed by atoms with Gasteiger partial charge in [0, 0.05) is 31.7 Å². The number of nitrogens with zero attached hydrogens (tertiary/aromatic N) is 1. The first kappa shape index (κ1) is 13.3. The third kappa shape index (κ3) is 3.01. The van der Waals surface area contributed by atoms with E-state index < -0.39 is 0 Å². The fourth-order valence-corrected chi connectivity index (χ4v) is 3.16. The fraction of sp³-hybridized carbons (Fsp3) is 1.00. The molecule has 2 saturated heterocycles. The molecule has 3 heteroatoms. The predicted molar refractivity (Wildman–Crippen MR) is 70.9 cm³/mol. The summed E-state index contributed by atoms with van der Waals surface area (Å²) in [5.41, 5.74) is 6.64. The molecule has 3 nitrogen and oxygen atoms in total. The van der Waals surface area contributed by atoms with Gasteiger partial charge in [-0.25, -0.2) is 0 Å². The standard InChI is InChI=1S/C14H28N2O/c1-13(2,3)12-4-6-16(8-12)10-14(9-15)5-7-17-11-14/h12H,4-11,15H2,1-3H3. The van der Waals surface area contributed by atoms with Gasteiger partial charge in [-0.05, 0) is 30.7 Å². The summed E-state index contributed by atoms with van der Waals surface area (Å²) in [4.78, 5) is 2.61. The quantitative estimate of drug-likeness (QED) is 0.816. The van der Waals surface area contributed by atoms with E-state index in [1.807, 2.05) is 0 Å². The van der Waals surface area contributed by atoms with E-state index in [0.717, 1.165) is 38.6 Å². The van der Waals surface area contributed by atoms with Crippen LogP contribution in [0.1, 0.15) is 33.6 Å². The molecule has 2 aliphatic heterocycles. The van der Waals surface area contributed by atoms with E-state index in [1.54, 1.807) is 0 Å². The Hall–Kier alpha value is -0.120. The Morgan fingerprint density at radius 3 is 2.65 bits per heavy atom. The van der Waals surface area contributed by atoms with Crippen molar-refractivity contribution in [3.8, 4) is 0 Å². The van der Waals surface area contributed by atoms with E-state index >= 15 is 0 Å².